The van der Waals surface area contributed by atoms with Crippen LogP contribution in [-0.2, 0) is 4.79 Å². The first kappa shape index (κ1) is 23.5. The maximum atomic E-state index is 13.4. The molecule has 8 heteroatoms. The summed E-state index contributed by atoms with van der Waals surface area (Å²) >= 11 is 0. The Morgan fingerprint density at radius 1 is 1.09 bits per heavy atom. The van der Waals surface area contributed by atoms with Crippen LogP contribution in [0.25, 0.3) is 0 Å². The maximum absolute atomic E-state index is 13.4. The van der Waals surface area contributed by atoms with Crippen LogP contribution >= 0.6 is 0 Å². The summed E-state index contributed by atoms with van der Waals surface area (Å²) in [6.07, 6.45) is 6.70. The molecule has 0 aromatic heterocycles. The van der Waals surface area contributed by atoms with Crippen molar-refractivity contribution in [3.8, 4) is 5.75 Å². The van der Waals surface area contributed by atoms with Gasteiger partial charge in [0.25, 0.3) is 0 Å². The third-order valence-corrected chi connectivity index (χ3v) is 8.11. The van der Waals surface area contributed by atoms with Gasteiger partial charge in [-0.2, -0.15) is 5.10 Å². The molecule has 6 nitrogen and oxygen atoms in total. The van der Waals surface area contributed by atoms with E-state index in [1.165, 1.54) is 0 Å². The molecule has 1 aromatic rings. The average molecular weight is 476 g/mol. The minimum Gasteiger partial charge on any atom is -0.490 e. The van der Waals surface area contributed by atoms with Crippen molar-refractivity contribution in [2.45, 2.75) is 94.8 Å². The van der Waals surface area contributed by atoms with Crippen LogP contribution in [0.15, 0.2) is 29.4 Å². The van der Waals surface area contributed by atoms with Crippen LogP contribution in [0.1, 0.15) is 71.1 Å². The minimum atomic E-state index is -2.56. The summed E-state index contributed by atoms with van der Waals surface area (Å²) in [5, 5.41) is 17.8. The Morgan fingerprint density at radius 2 is 1.74 bits per heavy atom. The van der Waals surface area contributed by atoms with Gasteiger partial charge in [-0.3, -0.25) is 9.80 Å². The molecular weight excluding hydrogens is 440 g/mol. The molecule has 4 aliphatic rings. The molecule has 2 saturated carbocycles. The molecule has 2 heterocycles. The number of carbonyl (C=O) groups is 1. The van der Waals surface area contributed by atoms with E-state index in [2.05, 4.69) is 5.10 Å². The second-order valence-electron chi connectivity index (χ2n) is 11.0. The van der Waals surface area contributed by atoms with Crippen molar-refractivity contribution >= 4 is 17.8 Å². The van der Waals surface area contributed by atoms with Gasteiger partial charge in [-0.15, -0.1) is 0 Å². The molecule has 34 heavy (non-hydrogen) atoms. The average Bonchev–Trinajstić information content (AvgIpc) is 3.41. The number of likely N-dealkylation sites (tertiary alicyclic amines) is 1. The Hall–Kier alpha value is -2.22. The largest absolute Gasteiger partial charge is 0.490 e. The number of rotatable bonds is 6. The van der Waals surface area contributed by atoms with Crippen LogP contribution < -0.4 is 9.75 Å². The molecule has 1 saturated heterocycles. The normalized spacial score (nSPS) is 27.6. The predicted molar refractivity (Wildman–Crippen MR) is 126 cm³/mol. The van der Waals surface area contributed by atoms with Crippen LogP contribution in [0.4, 0.5) is 14.5 Å². The molecule has 5 rings (SSSR count). The fourth-order valence-corrected chi connectivity index (χ4v) is 5.45. The van der Waals surface area contributed by atoms with Crippen molar-refractivity contribution in [2.75, 3.05) is 18.1 Å². The van der Waals surface area contributed by atoms with Crippen molar-refractivity contribution in [3.63, 3.8) is 0 Å². The third kappa shape index (κ3) is 5.07. The van der Waals surface area contributed by atoms with Crippen molar-refractivity contribution in [2.24, 2.45) is 10.5 Å². The van der Waals surface area contributed by atoms with Gasteiger partial charge < -0.3 is 14.7 Å². The number of aliphatic hydroxyl groups is 1. The smallest absolute Gasteiger partial charge is 0.248 e. The molecule has 1 N–H and O–H groups in total. The Kier molecular flexibility index (Phi) is 6.07. The molecule has 2 aliphatic heterocycles. The Labute approximate surface area is 199 Å². The highest BCUT2D eigenvalue weighted by molar-refractivity contribution is 5.85. The summed E-state index contributed by atoms with van der Waals surface area (Å²) in [6, 6.07) is 7.66. The zero-order chi connectivity index (χ0) is 24.0. The number of ether oxygens (including phenoxy) is 1. The third-order valence-electron chi connectivity index (χ3n) is 8.11. The van der Waals surface area contributed by atoms with E-state index in [0.29, 0.717) is 50.9 Å². The number of piperidine rings is 1. The summed E-state index contributed by atoms with van der Waals surface area (Å²) in [5.74, 6) is -1.64. The van der Waals surface area contributed by atoms with Crippen LogP contribution in [0.5, 0.6) is 5.75 Å². The van der Waals surface area contributed by atoms with Crippen molar-refractivity contribution in [1.29, 1.82) is 0 Å². The molecule has 0 radical (unpaired) electrons. The van der Waals surface area contributed by atoms with Gasteiger partial charge in [0.2, 0.25) is 11.8 Å². The van der Waals surface area contributed by atoms with Gasteiger partial charge in [-0.05, 0) is 69.2 Å². The van der Waals surface area contributed by atoms with Crippen LogP contribution in [-0.4, -0.2) is 58.9 Å². The molecule has 0 bridgehead atoms. The van der Waals surface area contributed by atoms with Crippen LogP contribution in [0.3, 0.4) is 0 Å². The van der Waals surface area contributed by atoms with Gasteiger partial charge in [0.15, 0.2) is 0 Å². The van der Waals surface area contributed by atoms with E-state index in [1.54, 1.807) is 0 Å². The summed E-state index contributed by atoms with van der Waals surface area (Å²) in [6.45, 7) is 3.25. The van der Waals surface area contributed by atoms with Crippen molar-refractivity contribution in [1.82, 2.24) is 4.90 Å². The fraction of sp³-hybridized carbons (Fsp3) is 0.692. The van der Waals surface area contributed by atoms with E-state index in [9.17, 15) is 18.7 Å². The van der Waals surface area contributed by atoms with Gasteiger partial charge >= 0.3 is 0 Å². The van der Waals surface area contributed by atoms with Crippen molar-refractivity contribution < 1.29 is 23.4 Å². The highest BCUT2D eigenvalue weighted by atomic mass is 19.3. The van der Waals surface area contributed by atoms with E-state index < -0.39 is 11.5 Å². The highest BCUT2D eigenvalue weighted by Gasteiger charge is 2.48. The number of hydrazone groups is 1. The number of hydrogen-bond acceptors (Lipinski definition) is 5. The number of anilines is 1. The van der Waals surface area contributed by atoms with Crippen LogP contribution in [0, 0.1) is 5.41 Å². The standard InChI is InChI=1S/C26H35F2N3O3/c1-24(11-12-24)23(32)30-16-13-25(33,14-17-30)18-20-8-15-29-31(20)19-2-4-21(5-3-19)34-22-6-9-26(27,28)10-7-22/h2-5,15,20,22,33H,6-14,16-18H2,1H3. The first-order chi connectivity index (χ1) is 16.1. The van der Waals surface area contributed by atoms with Gasteiger partial charge in [0, 0.05) is 44.0 Å². The zero-order valence-electron chi connectivity index (χ0n) is 19.9. The maximum Gasteiger partial charge on any atom is 0.248 e. The van der Waals surface area contributed by atoms with E-state index >= 15 is 0 Å². The second-order valence-corrected chi connectivity index (χ2v) is 11.0. The lowest BCUT2D eigenvalue weighted by Crippen LogP contribution is -2.50. The molecular formula is C26H35F2N3O3. The van der Waals surface area contributed by atoms with E-state index in [-0.39, 0.29) is 36.3 Å². The second kappa shape index (κ2) is 8.77. The number of carbonyl (C=O) groups excluding carboxylic acids is 1. The van der Waals surface area contributed by atoms with Gasteiger partial charge in [0.1, 0.15) is 5.75 Å². The van der Waals surface area contributed by atoms with E-state index in [4.69, 9.17) is 4.74 Å². The van der Waals surface area contributed by atoms with Gasteiger partial charge in [0.05, 0.1) is 23.4 Å². The molecule has 1 amide bonds. The quantitative estimate of drug-likeness (QED) is 0.645. The molecule has 0 spiro atoms. The monoisotopic (exact) mass is 475 g/mol. The van der Waals surface area contributed by atoms with Gasteiger partial charge in [-0.25, -0.2) is 8.78 Å². The fourth-order valence-electron chi connectivity index (χ4n) is 5.45. The summed E-state index contributed by atoms with van der Waals surface area (Å²) in [4.78, 5) is 14.6. The SMILES string of the molecule is CC1(C(=O)N2CCC(O)(CC3CC=NN3c3ccc(OC4CCC(F)(F)CC4)cc3)CC2)CC1. The van der Waals surface area contributed by atoms with Crippen LogP contribution in [0.2, 0.25) is 0 Å². The minimum absolute atomic E-state index is 0.0561. The topological polar surface area (TPSA) is 65.4 Å². The number of benzene rings is 1. The first-order valence-corrected chi connectivity index (χ1v) is 12.6. The van der Waals surface area contributed by atoms with Crippen molar-refractivity contribution in [3.05, 3.63) is 24.3 Å². The van der Waals surface area contributed by atoms with E-state index in [1.807, 2.05) is 47.3 Å². The summed E-state index contributed by atoms with van der Waals surface area (Å²) in [7, 11) is 0. The lowest BCUT2D eigenvalue weighted by Gasteiger charge is -2.41. The number of amides is 1. The molecule has 2 aliphatic carbocycles. The molecule has 1 unspecified atom stereocenters. The lowest BCUT2D eigenvalue weighted by molar-refractivity contribution is -0.140. The Morgan fingerprint density at radius 3 is 2.35 bits per heavy atom. The number of halogens is 2. The lowest BCUT2D eigenvalue weighted by atomic mass is 9.84. The number of hydrogen-bond donors (Lipinski definition) is 1. The molecule has 1 atom stereocenters. The predicted octanol–water partition coefficient (Wildman–Crippen LogP) is 4.75. The van der Waals surface area contributed by atoms with Gasteiger partial charge in [-0.1, -0.05) is 6.92 Å². The first-order valence-electron chi connectivity index (χ1n) is 12.6. The van der Waals surface area contributed by atoms with E-state index in [0.717, 1.165) is 24.9 Å². The zero-order valence-corrected chi connectivity index (χ0v) is 19.9. The molecule has 186 valence electrons. The summed E-state index contributed by atoms with van der Waals surface area (Å²) < 4.78 is 32.7. The Bertz CT molecular complexity index is 914. The number of alkyl halides is 2. The number of nitrogens with zero attached hydrogens (tertiary/aromatic N) is 3. The Balaban J connectivity index is 1.15. The summed E-state index contributed by atoms with van der Waals surface area (Å²) in [5.41, 5.74) is -0.0490. The highest BCUT2D eigenvalue weighted by Crippen LogP contribution is 2.47. The molecule has 1 aromatic carbocycles. The molecule has 3 fully saturated rings.